The first-order valence-electron chi connectivity index (χ1n) is 14.4. The highest BCUT2D eigenvalue weighted by atomic mass is 16.5. The molecule has 3 atom stereocenters. The molecule has 1 saturated carbocycles. The van der Waals surface area contributed by atoms with E-state index in [1.165, 1.54) is 23.8 Å². The molecule has 1 aliphatic carbocycles. The molecule has 0 spiro atoms. The first-order chi connectivity index (χ1) is 20.0. The van der Waals surface area contributed by atoms with Crippen molar-refractivity contribution < 1.29 is 23.7 Å². The molecule has 3 heterocycles. The van der Waals surface area contributed by atoms with Gasteiger partial charge in [0.05, 0.1) is 37.5 Å². The molecule has 0 amide bonds. The van der Waals surface area contributed by atoms with Crippen LogP contribution in [0, 0.1) is 18.3 Å². The molecule has 2 aromatic carbocycles. The summed E-state index contributed by atoms with van der Waals surface area (Å²) >= 11 is 0. The third-order valence-corrected chi connectivity index (χ3v) is 9.00. The standard InChI is InChI=1S/C33H39N3O5/c1-21-7-5-8-26(31(21)41-18-22-13-23-11-12-34-16-27(23)24(14-22)19-38-2)28-9-6-10-30(35-28)36-17-25-15-33(25,32(37)40-4)29(36)20-39-3/h5-10,13-14,25,29,34H,11-12,15-20H2,1-4H3/t25-,29+,33+/m0/s1. The van der Waals surface area contributed by atoms with Gasteiger partial charge >= 0.3 is 5.97 Å². The molecule has 0 unspecified atom stereocenters. The summed E-state index contributed by atoms with van der Waals surface area (Å²) in [5.41, 5.74) is 7.40. The lowest BCUT2D eigenvalue weighted by Gasteiger charge is -2.31. The fraction of sp³-hybridized carbons (Fsp3) is 0.455. The summed E-state index contributed by atoms with van der Waals surface area (Å²) in [5, 5.41) is 3.47. The van der Waals surface area contributed by atoms with Crippen LogP contribution in [0.4, 0.5) is 5.82 Å². The van der Waals surface area contributed by atoms with E-state index in [-0.39, 0.29) is 17.9 Å². The van der Waals surface area contributed by atoms with E-state index in [0.717, 1.165) is 66.4 Å². The third-order valence-electron chi connectivity index (χ3n) is 9.00. The van der Waals surface area contributed by atoms with Crippen LogP contribution < -0.4 is 15.0 Å². The Bertz CT molecular complexity index is 1440. The van der Waals surface area contributed by atoms with E-state index >= 15 is 0 Å². The van der Waals surface area contributed by atoms with Crippen LogP contribution in [0.5, 0.6) is 5.75 Å². The quantitative estimate of drug-likeness (QED) is 0.367. The summed E-state index contributed by atoms with van der Waals surface area (Å²) in [4.78, 5) is 20.1. The average molecular weight is 558 g/mol. The molecule has 0 radical (unpaired) electrons. The van der Waals surface area contributed by atoms with E-state index in [4.69, 9.17) is 23.9 Å². The molecular weight excluding hydrogens is 518 g/mol. The van der Waals surface area contributed by atoms with Gasteiger partial charge in [0.2, 0.25) is 0 Å². The van der Waals surface area contributed by atoms with Gasteiger partial charge in [0, 0.05) is 32.9 Å². The molecule has 1 aromatic heterocycles. The van der Waals surface area contributed by atoms with Crippen molar-refractivity contribution >= 4 is 11.8 Å². The van der Waals surface area contributed by atoms with E-state index in [2.05, 4.69) is 41.4 Å². The number of pyridine rings is 1. The fourth-order valence-corrected chi connectivity index (χ4v) is 6.91. The molecule has 41 heavy (non-hydrogen) atoms. The van der Waals surface area contributed by atoms with Crippen LogP contribution in [0.2, 0.25) is 0 Å². The summed E-state index contributed by atoms with van der Waals surface area (Å²) in [6.45, 7) is 6.18. The molecule has 3 aromatic rings. The number of nitrogens with one attached hydrogen (secondary N) is 1. The number of benzene rings is 2. The SMILES string of the molecule is COCc1cc(COc2c(C)cccc2-c2cccc(N3C[C@@H]4C[C@]4(C(=O)OC)[C@H]3COC)n2)cc2c1CNCC2. The van der Waals surface area contributed by atoms with Crippen molar-refractivity contribution in [3.8, 4) is 17.0 Å². The highest BCUT2D eigenvalue weighted by molar-refractivity contribution is 5.84. The Kier molecular flexibility index (Phi) is 7.72. The summed E-state index contributed by atoms with van der Waals surface area (Å²) in [6.07, 6.45) is 1.84. The number of para-hydroxylation sites is 1. The van der Waals surface area contributed by atoms with E-state index in [1.807, 2.05) is 24.3 Å². The second-order valence-electron chi connectivity index (χ2n) is 11.4. The van der Waals surface area contributed by atoms with E-state index < -0.39 is 5.41 Å². The van der Waals surface area contributed by atoms with Crippen molar-refractivity contribution in [2.24, 2.45) is 11.3 Å². The number of rotatable bonds is 10. The predicted octanol–water partition coefficient (Wildman–Crippen LogP) is 4.44. The first kappa shape index (κ1) is 27.7. The molecular formula is C33H39N3O5. The lowest BCUT2D eigenvalue weighted by Crippen LogP contribution is -2.44. The molecule has 2 fully saturated rings. The van der Waals surface area contributed by atoms with Gasteiger partial charge in [0.1, 0.15) is 18.2 Å². The van der Waals surface area contributed by atoms with E-state index in [1.54, 1.807) is 14.2 Å². The lowest BCUT2D eigenvalue weighted by atomic mass is 9.93. The molecule has 3 aliphatic rings. The van der Waals surface area contributed by atoms with Crippen molar-refractivity contribution in [3.05, 3.63) is 76.3 Å². The number of fused-ring (bicyclic) bond motifs is 2. The number of aryl methyl sites for hydroxylation is 1. The fourth-order valence-electron chi connectivity index (χ4n) is 6.91. The number of hydrogen-bond donors (Lipinski definition) is 1. The van der Waals surface area contributed by atoms with Crippen molar-refractivity contribution in [2.45, 2.75) is 45.6 Å². The topological polar surface area (TPSA) is 82.2 Å². The number of methoxy groups -OCH3 is 3. The van der Waals surface area contributed by atoms with Crippen LogP contribution >= 0.6 is 0 Å². The molecule has 6 rings (SSSR count). The Labute approximate surface area is 242 Å². The van der Waals surface area contributed by atoms with Crippen molar-refractivity contribution in [3.63, 3.8) is 0 Å². The zero-order valence-corrected chi connectivity index (χ0v) is 24.4. The zero-order chi connectivity index (χ0) is 28.6. The number of carbonyl (C=O) groups excluding carboxylic acids is 1. The molecule has 8 nitrogen and oxygen atoms in total. The Balaban J connectivity index is 1.28. The second kappa shape index (κ2) is 11.4. The first-order valence-corrected chi connectivity index (χ1v) is 14.4. The Morgan fingerprint density at radius 3 is 2.76 bits per heavy atom. The number of piperidine rings is 1. The summed E-state index contributed by atoms with van der Waals surface area (Å²) < 4.78 is 22.8. The number of anilines is 1. The number of aromatic nitrogens is 1. The number of carbonyl (C=O) groups is 1. The Morgan fingerprint density at radius 1 is 1.10 bits per heavy atom. The van der Waals surface area contributed by atoms with E-state index in [9.17, 15) is 4.79 Å². The van der Waals surface area contributed by atoms with Crippen molar-refractivity contribution in [1.29, 1.82) is 0 Å². The van der Waals surface area contributed by atoms with Crippen LogP contribution in [0.25, 0.3) is 11.3 Å². The van der Waals surface area contributed by atoms with Gasteiger partial charge in [-0.05, 0) is 84.3 Å². The molecule has 0 bridgehead atoms. The molecule has 2 aliphatic heterocycles. The van der Waals surface area contributed by atoms with E-state index in [0.29, 0.717) is 19.8 Å². The minimum absolute atomic E-state index is 0.110. The summed E-state index contributed by atoms with van der Waals surface area (Å²) in [6, 6.07) is 16.6. The maximum Gasteiger partial charge on any atom is 0.314 e. The lowest BCUT2D eigenvalue weighted by molar-refractivity contribution is -0.148. The Morgan fingerprint density at radius 2 is 1.95 bits per heavy atom. The number of nitrogens with zero attached hydrogens (tertiary/aromatic N) is 2. The average Bonchev–Trinajstić information content (AvgIpc) is 3.64. The van der Waals surface area contributed by atoms with Crippen molar-refractivity contribution in [2.75, 3.05) is 45.9 Å². The van der Waals surface area contributed by atoms with Gasteiger partial charge in [-0.15, -0.1) is 0 Å². The minimum atomic E-state index is -0.507. The van der Waals surface area contributed by atoms with Gasteiger partial charge in [0.25, 0.3) is 0 Å². The van der Waals surface area contributed by atoms with Crippen LogP contribution in [-0.2, 0) is 45.2 Å². The summed E-state index contributed by atoms with van der Waals surface area (Å²) in [5.74, 6) is 1.77. The van der Waals surface area contributed by atoms with Crippen LogP contribution in [-0.4, -0.2) is 58.0 Å². The maximum atomic E-state index is 12.8. The Hall–Kier alpha value is -3.46. The normalized spacial score (nSPS) is 22.7. The van der Waals surface area contributed by atoms with Gasteiger partial charge in [-0.25, -0.2) is 4.98 Å². The second-order valence-corrected chi connectivity index (χ2v) is 11.4. The maximum absolute atomic E-state index is 12.8. The number of esters is 1. The molecule has 216 valence electrons. The zero-order valence-electron chi connectivity index (χ0n) is 24.4. The van der Waals surface area contributed by atoms with Crippen LogP contribution in [0.15, 0.2) is 48.5 Å². The third kappa shape index (κ3) is 4.98. The number of hydrogen-bond acceptors (Lipinski definition) is 8. The minimum Gasteiger partial charge on any atom is -0.488 e. The molecule has 1 saturated heterocycles. The van der Waals surface area contributed by atoms with Gasteiger partial charge < -0.3 is 29.2 Å². The monoisotopic (exact) mass is 557 g/mol. The van der Waals surface area contributed by atoms with Gasteiger partial charge in [0.15, 0.2) is 0 Å². The smallest absolute Gasteiger partial charge is 0.314 e. The predicted molar refractivity (Wildman–Crippen MR) is 157 cm³/mol. The molecule has 8 heteroatoms. The molecule has 1 N–H and O–H groups in total. The van der Waals surface area contributed by atoms with Crippen molar-refractivity contribution in [1.82, 2.24) is 10.3 Å². The number of ether oxygens (including phenoxy) is 4. The highest BCUT2D eigenvalue weighted by Crippen LogP contribution is 2.62. The highest BCUT2D eigenvalue weighted by Gasteiger charge is 2.71. The summed E-state index contributed by atoms with van der Waals surface area (Å²) in [7, 11) is 4.89. The van der Waals surface area contributed by atoms with Gasteiger partial charge in [-0.3, -0.25) is 4.79 Å². The largest absolute Gasteiger partial charge is 0.488 e. The van der Waals surface area contributed by atoms with Gasteiger partial charge in [-0.2, -0.15) is 0 Å². The van der Waals surface area contributed by atoms with Crippen LogP contribution in [0.1, 0.15) is 34.2 Å². The van der Waals surface area contributed by atoms with Gasteiger partial charge in [-0.1, -0.05) is 24.3 Å². The van der Waals surface area contributed by atoms with Crippen LogP contribution in [0.3, 0.4) is 0 Å².